The largest absolute Gasteiger partial charge is 0.497 e. The topological polar surface area (TPSA) is 51.5 Å². The van der Waals surface area contributed by atoms with Crippen LogP contribution in [-0.2, 0) is 17.8 Å². The minimum Gasteiger partial charge on any atom is -0.497 e. The van der Waals surface area contributed by atoms with Gasteiger partial charge in [0.05, 0.1) is 12.6 Å². The molecule has 0 bridgehead atoms. The fourth-order valence-corrected chi connectivity index (χ4v) is 2.03. The van der Waals surface area contributed by atoms with Gasteiger partial charge in [-0.15, -0.1) is 0 Å². The third kappa shape index (κ3) is 2.11. The molecule has 0 unspecified atom stereocenters. The Morgan fingerprint density at radius 1 is 1.47 bits per heavy atom. The molecule has 0 saturated carbocycles. The van der Waals surface area contributed by atoms with Crippen LogP contribution >= 0.6 is 0 Å². The van der Waals surface area contributed by atoms with Gasteiger partial charge in [-0.05, 0) is 24.1 Å². The maximum absolute atomic E-state index is 10.8. The monoisotopic (exact) mass is 233 g/mol. The van der Waals surface area contributed by atoms with Gasteiger partial charge in [0.1, 0.15) is 12.3 Å². The zero-order chi connectivity index (χ0) is 12.4. The molecule has 0 saturated heterocycles. The van der Waals surface area contributed by atoms with E-state index in [4.69, 9.17) is 9.84 Å². The Morgan fingerprint density at radius 2 is 2.24 bits per heavy atom. The van der Waals surface area contributed by atoms with Crippen molar-refractivity contribution in [1.82, 2.24) is 4.57 Å². The fraction of sp³-hybridized carbons (Fsp3) is 0.308. The summed E-state index contributed by atoms with van der Waals surface area (Å²) in [5.74, 6) is -0.0998. The van der Waals surface area contributed by atoms with E-state index in [0.29, 0.717) is 0 Å². The highest BCUT2D eigenvalue weighted by atomic mass is 16.5. The van der Waals surface area contributed by atoms with Crippen LogP contribution in [0.2, 0.25) is 0 Å². The molecule has 90 valence electrons. The molecule has 0 fully saturated rings. The molecule has 2 rings (SSSR count). The second kappa shape index (κ2) is 4.49. The first-order valence-electron chi connectivity index (χ1n) is 5.53. The van der Waals surface area contributed by atoms with Gasteiger partial charge in [-0.2, -0.15) is 0 Å². The van der Waals surface area contributed by atoms with Crippen molar-refractivity contribution < 1.29 is 14.6 Å². The third-order valence-electron chi connectivity index (χ3n) is 2.86. The van der Waals surface area contributed by atoms with Crippen LogP contribution in [0.25, 0.3) is 10.9 Å². The lowest BCUT2D eigenvalue weighted by atomic mass is 10.1. The Balaban J connectivity index is 2.61. The van der Waals surface area contributed by atoms with Gasteiger partial charge in [0.15, 0.2) is 0 Å². The summed E-state index contributed by atoms with van der Waals surface area (Å²) in [6, 6.07) is 5.75. The van der Waals surface area contributed by atoms with Gasteiger partial charge >= 0.3 is 5.97 Å². The van der Waals surface area contributed by atoms with E-state index in [2.05, 4.69) is 6.92 Å². The number of methoxy groups -OCH3 is 1. The normalized spacial score (nSPS) is 10.7. The molecule has 0 aliphatic rings. The predicted octanol–water partition coefficient (Wildman–Crippen LogP) is 2.30. The van der Waals surface area contributed by atoms with Crippen LogP contribution in [0.15, 0.2) is 24.4 Å². The van der Waals surface area contributed by atoms with E-state index >= 15 is 0 Å². The SMILES string of the molecule is CCc1cn(CC(=O)O)c2cc(OC)ccc12. The molecule has 1 aromatic carbocycles. The summed E-state index contributed by atoms with van der Waals surface area (Å²) in [7, 11) is 1.60. The molecule has 1 heterocycles. The highest BCUT2D eigenvalue weighted by Crippen LogP contribution is 2.26. The number of aromatic nitrogens is 1. The van der Waals surface area contributed by atoms with Crippen molar-refractivity contribution in [3.8, 4) is 5.75 Å². The van der Waals surface area contributed by atoms with Crippen LogP contribution in [0.3, 0.4) is 0 Å². The van der Waals surface area contributed by atoms with E-state index in [-0.39, 0.29) is 6.54 Å². The van der Waals surface area contributed by atoms with Gasteiger partial charge in [0.2, 0.25) is 0 Å². The second-order valence-electron chi connectivity index (χ2n) is 3.91. The summed E-state index contributed by atoms with van der Waals surface area (Å²) in [6.45, 7) is 2.04. The Bertz CT molecular complexity index is 557. The maximum Gasteiger partial charge on any atom is 0.323 e. The van der Waals surface area contributed by atoms with Gasteiger partial charge in [0, 0.05) is 17.6 Å². The molecule has 0 radical (unpaired) electrons. The first-order valence-corrected chi connectivity index (χ1v) is 5.53. The molecule has 1 N–H and O–H groups in total. The first-order chi connectivity index (χ1) is 8.15. The van der Waals surface area contributed by atoms with Crippen LogP contribution in [0.5, 0.6) is 5.75 Å². The molecule has 1 aromatic heterocycles. The number of benzene rings is 1. The van der Waals surface area contributed by atoms with Crippen molar-refractivity contribution in [1.29, 1.82) is 0 Å². The van der Waals surface area contributed by atoms with Crippen molar-refractivity contribution in [3.05, 3.63) is 30.0 Å². The van der Waals surface area contributed by atoms with E-state index in [0.717, 1.165) is 28.6 Å². The number of rotatable bonds is 4. The number of hydrogen-bond donors (Lipinski definition) is 1. The van der Waals surface area contributed by atoms with E-state index in [9.17, 15) is 4.79 Å². The van der Waals surface area contributed by atoms with Crippen LogP contribution in [0.1, 0.15) is 12.5 Å². The standard InChI is InChI=1S/C13H15NO3/c1-3-9-7-14(8-13(15)16)12-6-10(17-2)4-5-11(9)12/h4-7H,3,8H2,1-2H3,(H,15,16). The molecule has 0 amide bonds. The molecule has 0 aliphatic carbocycles. The number of carboxylic acid groups (broad SMARTS) is 1. The number of nitrogens with zero attached hydrogens (tertiary/aromatic N) is 1. The smallest absolute Gasteiger partial charge is 0.323 e. The summed E-state index contributed by atoms with van der Waals surface area (Å²) in [5.41, 5.74) is 2.06. The molecule has 0 aliphatic heterocycles. The van der Waals surface area contributed by atoms with Crippen molar-refractivity contribution >= 4 is 16.9 Å². The molecular weight excluding hydrogens is 218 g/mol. The molecular formula is C13H15NO3. The summed E-state index contributed by atoms with van der Waals surface area (Å²) in [4.78, 5) is 10.8. The van der Waals surface area contributed by atoms with Crippen LogP contribution in [0, 0.1) is 0 Å². The van der Waals surface area contributed by atoms with Crippen LogP contribution in [-0.4, -0.2) is 22.8 Å². The highest BCUT2D eigenvalue weighted by molar-refractivity contribution is 5.86. The van der Waals surface area contributed by atoms with Crippen molar-refractivity contribution in [2.24, 2.45) is 0 Å². The van der Waals surface area contributed by atoms with Gasteiger partial charge in [-0.3, -0.25) is 4.79 Å². The Kier molecular flexibility index (Phi) is 3.04. The zero-order valence-electron chi connectivity index (χ0n) is 9.93. The molecule has 4 heteroatoms. The number of fused-ring (bicyclic) bond motifs is 1. The lowest BCUT2D eigenvalue weighted by molar-refractivity contribution is -0.137. The fourth-order valence-electron chi connectivity index (χ4n) is 2.03. The molecule has 0 spiro atoms. The number of hydrogen-bond acceptors (Lipinski definition) is 2. The number of aliphatic carboxylic acids is 1. The molecule has 4 nitrogen and oxygen atoms in total. The average Bonchev–Trinajstić information content (AvgIpc) is 2.66. The van der Waals surface area contributed by atoms with Crippen molar-refractivity contribution in [3.63, 3.8) is 0 Å². The van der Waals surface area contributed by atoms with E-state index < -0.39 is 5.97 Å². The molecule has 2 aromatic rings. The quantitative estimate of drug-likeness (QED) is 0.881. The van der Waals surface area contributed by atoms with Gasteiger partial charge in [-0.25, -0.2) is 0 Å². The average molecular weight is 233 g/mol. The highest BCUT2D eigenvalue weighted by Gasteiger charge is 2.10. The van der Waals surface area contributed by atoms with Crippen LogP contribution in [0.4, 0.5) is 0 Å². The lowest BCUT2D eigenvalue weighted by Gasteiger charge is -2.03. The van der Waals surface area contributed by atoms with Gasteiger partial charge in [-0.1, -0.05) is 6.92 Å². The van der Waals surface area contributed by atoms with Crippen molar-refractivity contribution in [2.45, 2.75) is 19.9 Å². The lowest BCUT2D eigenvalue weighted by Crippen LogP contribution is -2.07. The summed E-state index contributed by atoms with van der Waals surface area (Å²) < 4.78 is 6.91. The Labute approximate surface area is 99.4 Å². The van der Waals surface area contributed by atoms with E-state index in [1.54, 1.807) is 11.7 Å². The number of aryl methyl sites for hydroxylation is 1. The Hall–Kier alpha value is -1.97. The second-order valence-corrected chi connectivity index (χ2v) is 3.91. The third-order valence-corrected chi connectivity index (χ3v) is 2.86. The number of carbonyl (C=O) groups is 1. The minimum atomic E-state index is -0.840. The van der Waals surface area contributed by atoms with Crippen molar-refractivity contribution in [2.75, 3.05) is 7.11 Å². The number of carboxylic acids is 1. The maximum atomic E-state index is 10.8. The van der Waals surface area contributed by atoms with E-state index in [1.807, 2.05) is 24.4 Å². The van der Waals surface area contributed by atoms with Crippen LogP contribution < -0.4 is 4.74 Å². The first kappa shape index (κ1) is 11.5. The summed E-state index contributed by atoms with van der Waals surface area (Å²) in [5, 5.41) is 9.97. The summed E-state index contributed by atoms with van der Waals surface area (Å²) >= 11 is 0. The predicted molar refractivity (Wildman–Crippen MR) is 65.5 cm³/mol. The summed E-state index contributed by atoms with van der Waals surface area (Å²) in [6.07, 6.45) is 2.79. The molecule has 0 atom stereocenters. The molecule has 17 heavy (non-hydrogen) atoms. The zero-order valence-corrected chi connectivity index (χ0v) is 9.93. The van der Waals surface area contributed by atoms with Gasteiger partial charge < -0.3 is 14.4 Å². The minimum absolute atomic E-state index is 0.0241. The van der Waals surface area contributed by atoms with Gasteiger partial charge in [0.25, 0.3) is 0 Å². The Morgan fingerprint density at radius 3 is 2.82 bits per heavy atom. The number of ether oxygens (including phenoxy) is 1. The van der Waals surface area contributed by atoms with E-state index in [1.165, 1.54) is 0 Å².